The van der Waals surface area contributed by atoms with Gasteiger partial charge in [0, 0.05) is 23.8 Å². The van der Waals surface area contributed by atoms with Gasteiger partial charge in [0.2, 0.25) is 0 Å². The number of nitrogens with zero attached hydrogens (tertiary/aromatic N) is 1. The molecule has 4 nitrogen and oxygen atoms in total. The van der Waals surface area contributed by atoms with E-state index in [1.165, 1.54) is 0 Å². The number of carbonyl (C=O) groups excluding carboxylic acids is 1. The number of carbonyl (C=O) groups is 1. The Kier molecular flexibility index (Phi) is 6.10. The molecule has 0 aliphatic carbocycles. The van der Waals surface area contributed by atoms with Crippen molar-refractivity contribution in [1.82, 2.24) is 15.3 Å². The maximum Gasteiger partial charge on any atom is 0.251 e. The Morgan fingerprint density at radius 3 is 2.74 bits per heavy atom. The largest absolute Gasteiger partial charge is 0.348 e. The van der Waals surface area contributed by atoms with Crippen molar-refractivity contribution in [3.63, 3.8) is 0 Å². The van der Waals surface area contributed by atoms with Gasteiger partial charge in [-0.1, -0.05) is 20.8 Å². The summed E-state index contributed by atoms with van der Waals surface area (Å²) in [6.45, 7) is 8.43. The second-order valence-corrected chi connectivity index (χ2v) is 6.97. The molecular weight excluding hydrogens is 306 g/mol. The number of hydrogen-bond acceptors (Lipinski definition) is 3. The molecule has 0 radical (unpaired) electrons. The molecule has 1 atom stereocenters. The third-order valence-electron chi connectivity index (χ3n) is 3.89. The maximum absolute atomic E-state index is 12.5. The quantitative estimate of drug-likeness (QED) is 0.673. The van der Waals surface area contributed by atoms with Crippen molar-refractivity contribution in [2.45, 2.75) is 53.0 Å². The molecule has 0 bridgehead atoms. The Balaban J connectivity index is 2.23. The fourth-order valence-corrected chi connectivity index (χ4v) is 3.09. The van der Waals surface area contributed by atoms with Gasteiger partial charge >= 0.3 is 0 Å². The lowest BCUT2D eigenvalue weighted by Crippen LogP contribution is -2.37. The Morgan fingerprint density at radius 2 is 2.13 bits per heavy atom. The van der Waals surface area contributed by atoms with Gasteiger partial charge in [0.15, 0.2) is 0 Å². The summed E-state index contributed by atoms with van der Waals surface area (Å²) in [5.41, 5.74) is 3.59. The molecule has 0 saturated carbocycles. The van der Waals surface area contributed by atoms with Crippen LogP contribution in [0.5, 0.6) is 0 Å². The summed E-state index contributed by atoms with van der Waals surface area (Å²) in [4.78, 5) is 20.5. The average molecular weight is 334 g/mol. The minimum Gasteiger partial charge on any atom is -0.348 e. The molecule has 1 aromatic heterocycles. The van der Waals surface area contributed by atoms with Crippen LogP contribution >= 0.6 is 12.6 Å². The van der Waals surface area contributed by atoms with Crippen molar-refractivity contribution < 1.29 is 4.79 Å². The normalized spacial score (nSPS) is 12.8. The standard InChI is InChI=1S/C18H27N3OS/c1-5-6-16-20-15-9-13(8-12(4)17(15)21-16)18(22)19-14(10-23)7-11(2)3/h8-9,11,14,23H,5-7,10H2,1-4H3,(H,19,22)(H,20,21)/t14-/m1/s1. The monoisotopic (exact) mass is 333 g/mol. The zero-order valence-corrected chi connectivity index (χ0v) is 15.3. The van der Waals surface area contributed by atoms with Crippen LogP contribution in [0.3, 0.4) is 0 Å². The number of benzene rings is 1. The van der Waals surface area contributed by atoms with Gasteiger partial charge in [-0.05, 0) is 43.4 Å². The van der Waals surface area contributed by atoms with Crippen molar-refractivity contribution in [1.29, 1.82) is 0 Å². The first-order valence-corrected chi connectivity index (χ1v) is 8.98. The molecule has 0 spiro atoms. The molecule has 0 aliphatic heterocycles. The van der Waals surface area contributed by atoms with Crippen molar-refractivity contribution in [3.8, 4) is 0 Å². The summed E-state index contributed by atoms with van der Waals surface area (Å²) in [6.07, 6.45) is 2.90. The van der Waals surface area contributed by atoms with E-state index < -0.39 is 0 Å². The summed E-state index contributed by atoms with van der Waals surface area (Å²) < 4.78 is 0. The van der Waals surface area contributed by atoms with Crippen molar-refractivity contribution in [3.05, 3.63) is 29.1 Å². The Hall–Kier alpha value is -1.49. The SMILES string of the molecule is CCCc1nc2c(C)cc(C(=O)N[C@@H](CS)CC(C)C)cc2[nH]1. The van der Waals surface area contributed by atoms with Crippen LogP contribution in [0.25, 0.3) is 11.0 Å². The van der Waals surface area contributed by atoms with Gasteiger partial charge in [-0.15, -0.1) is 0 Å². The first kappa shape index (κ1) is 17.9. The van der Waals surface area contributed by atoms with E-state index in [0.29, 0.717) is 17.2 Å². The number of aryl methyl sites for hydroxylation is 2. The van der Waals surface area contributed by atoms with Gasteiger partial charge in [0.25, 0.3) is 5.91 Å². The third kappa shape index (κ3) is 4.50. The van der Waals surface area contributed by atoms with Crippen LogP contribution < -0.4 is 5.32 Å². The molecule has 1 amide bonds. The zero-order valence-electron chi connectivity index (χ0n) is 14.4. The van der Waals surface area contributed by atoms with Crippen LogP contribution in [0.1, 0.15) is 55.4 Å². The number of rotatable bonds is 7. The van der Waals surface area contributed by atoms with Gasteiger partial charge in [-0.2, -0.15) is 12.6 Å². The summed E-state index contributed by atoms with van der Waals surface area (Å²) in [5.74, 6) is 2.12. The minimum atomic E-state index is -0.0404. The number of nitrogens with one attached hydrogen (secondary N) is 2. The lowest BCUT2D eigenvalue weighted by atomic mass is 10.0. The third-order valence-corrected chi connectivity index (χ3v) is 4.33. The van der Waals surface area contributed by atoms with Gasteiger partial charge < -0.3 is 10.3 Å². The lowest BCUT2D eigenvalue weighted by Gasteiger charge is -2.18. The van der Waals surface area contributed by atoms with Gasteiger partial charge in [-0.25, -0.2) is 4.98 Å². The molecule has 2 N–H and O–H groups in total. The maximum atomic E-state index is 12.5. The van der Waals surface area contributed by atoms with Crippen LogP contribution in [0.4, 0.5) is 0 Å². The van der Waals surface area contributed by atoms with Crippen LogP contribution in [-0.2, 0) is 6.42 Å². The number of amides is 1. The highest BCUT2D eigenvalue weighted by Crippen LogP contribution is 2.20. The number of imidazole rings is 1. The molecule has 5 heteroatoms. The second-order valence-electron chi connectivity index (χ2n) is 6.61. The first-order valence-electron chi connectivity index (χ1n) is 8.35. The van der Waals surface area contributed by atoms with Gasteiger partial charge in [-0.3, -0.25) is 4.79 Å². The average Bonchev–Trinajstić information content (AvgIpc) is 2.89. The molecule has 0 unspecified atom stereocenters. The summed E-state index contributed by atoms with van der Waals surface area (Å²) >= 11 is 4.35. The smallest absolute Gasteiger partial charge is 0.251 e. The lowest BCUT2D eigenvalue weighted by molar-refractivity contribution is 0.0937. The molecule has 23 heavy (non-hydrogen) atoms. The van der Waals surface area contributed by atoms with E-state index in [9.17, 15) is 4.79 Å². The van der Waals surface area contributed by atoms with Gasteiger partial charge in [0.1, 0.15) is 5.82 Å². The summed E-state index contributed by atoms with van der Waals surface area (Å²) in [6, 6.07) is 3.91. The molecule has 2 aromatic rings. The van der Waals surface area contributed by atoms with E-state index in [1.54, 1.807) is 0 Å². The predicted molar refractivity (Wildman–Crippen MR) is 99.4 cm³/mol. The van der Waals surface area contributed by atoms with Crippen molar-refractivity contribution >= 4 is 29.6 Å². The summed E-state index contributed by atoms with van der Waals surface area (Å²) in [7, 11) is 0. The molecule has 0 fully saturated rings. The van der Waals surface area contributed by atoms with E-state index in [0.717, 1.165) is 41.7 Å². The first-order chi connectivity index (χ1) is 10.9. The highest BCUT2D eigenvalue weighted by atomic mass is 32.1. The van der Waals surface area contributed by atoms with E-state index in [2.05, 4.69) is 48.7 Å². The molecule has 126 valence electrons. The van der Waals surface area contributed by atoms with Crippen LogP contribution in [0.2, 0.25) is 0 Å². The highest BCUT2D eigenvalue weighted by Gasteiger charge is 2.16. The number of aromatic amines is 1. The predicted octanol–water partition coefficient (Wildman–Crippen LogP) is 3.90. The van der Waals surface area contributed by atoms with Crippen molar-refractivity contribution in [2.75, 3.05) is 5.75 Å². The number of H-pyrrole nitrogens is 1. The van der Waals surface area contributed by atoms with Crippen LogP contribution in [-0.4, -0.2) is 27.7 Å². The van der Waals surface area contributed by atoms with Crippen molar-refractivity contribution in [2.24, 2.45) is 5.92 Å². The molecule has 1 aromatic carbocycles. The topological polar surface area (TPSA) is 57.8 Å². The van der Waals surface area contributed by atoms with E-state index in [-0.39, 0.29) is 11.9 Å². The Bertz CT molecular complexity index is 678. The van der Waals surface area contributed by atoms with Crippen LogP contribution in [0.15, 0.2) is 12.1 Å². The van der Waals surface area contributed by atoms with Crippen LogP contribution in [0, 0.1) is 12.8 Å². The second kappa shape index (κ2) is 7.86. The van der Waals surface area contributed by atoms with E-state index in [4.69, 9.17) is 0 Å². The minimum absolute atomic E-state index is 0.0404. The molecular formula is C18H27N3OS. The number of fused-ring (bicyclic) bond motifs is 1. The fourth-order valence-electron chi connectivity index (χ4n) is 2.84. The molecule has 1 heterocycles. The van der Waals surface area contributed by atoms with E-state index >= 15 is 0 Å². The molecule has 0 saturated heterocycles. The fraction of sp³-hybridized carbons (Fsp3) is 0.556. The number of hydrogen-bond donors (Lipinski definition) is 3. The Morgan fingerprint density at radius 1 is 1.39 bits per heavy atom. The number of aromatic nitrogens is 2. The number of thiol groups is 1. The van der Waals surface area contributed by atoms with E-state index in [1.807, 2.05) is 19.1 Å². The van der Waals surface area contributed by atoms with Gasteiger partial charge in [0.05, 0.1) is 11.0 Å². The Labute approximate surface area is 143 Å². The highest BCUT2D eigenvalue weighted by molar-refractivity contribution is 7.80. The summed E-state index contributed by atoms with van der Waals surface area (Å²) in [5, 5.41) is 3.09. The zero-order chi connectivity index (χ0) is 17.0. The molecule has 0 aliphatic rings. The molecule has 2 rings (SSSR count).